The van der Waals surface area contributed by atoms with Gasteiger partial charge in [-0.05, 0) is 0 Å². The molecule has 0 N–H and O–H groups in total. The fourth-order valence-corrected chi connectivity index (χ4v) is 7.56. The molecule has 6 heteroatoms. The van der Waals surface area contributed by atoms with Gasteiger partial charge in [0.2, 0.25) is 0 Å². The molecule has 0 aliphatic rings. The molecule has 0 spiro atoms. The summed E-state index contributed by atoms with van der Waals surface area (Å²) in [7, 11) is 0. The molecule has 4 aromatic rings. The molecule has 0 unspecified atom stereocenters. The molecule has 0 aliphatic heterocycles. The van der Waals surface area contributed by atoms with Crippen molar-refractivity contribution in [2.45, 2.75) is 19.9 Å². The summed E-state index contributed by atoms with van der Waals surface area (Å²) in [6, 6.07) is 27.9. The van der Waals surface area contributed by atoms with Crippen LogP contribution in [0.3, 0.4) is 0 Å². The Morgan fingerprint density at radius 2 is 1.35 bits per heavy atom. The molecule has 0 bridgehead atoms. The SMILES string of the molecule is CCCn1ccc2c[c]([Bi]([O]COc3ccccc3)[O]COc3ccccc3)ccc21. The van der Waals surface area contributed by atoms with E-state index in [-0.39, 0.29) is 13.6 Å². The summed E-state index contributed by atoms with van der Waals surface area (Å²) in [5, 5.41) is 1.20. The summed E-state index contributed by atoms with van der Waals surface area (Å²) < 4.78 is 27.2. The van der Waals surface area contributed by atoms with E-state index >= 15 is 0 Å². The molecule has 0 saturated heterocycles. The zero-order valence-electron chi connectivity index (χ0n) is 17.5. The predicted octanol–water partition coefficient (Wildman–Crippen LogP) is 4.85. The van der Waals surface area contributed by atoms with Crippen molar-refractivity contribution in [1.29, 1.82) is 0 Å². The van der Waals surface area contributed by atoms with Gasteiger partial charge in [-0.15, -0.1) is 0 Å². The van der Waals surface area contributed by atoms with Crippen LogP contribution in [0, 0.1) is 0 Å². The van der Waals surface area contributed by atoms with Gasteiger partial charge in [0.05, 0.1) is 0 Å². The van der Waals surface area contributed by atoms with Crippen molar-refractivity contribution in [2.75, 3.05) is 13.6 Å². The van der Waals surface area contributed by atoms with E-state index < -0.39 is 22.6 Å². The maximum atomic E-state index is 6.15. The molecule has 31 heavy (non-hydrogen) atoms. The van der Waals surface area contributed by atoms with Crippen molar-refractivity contribution in [3.63, 3.8) is 0 Å². The monoisotopic (exact) mass is 613 g/mol. The van der Waals surface area contributed by atoms with Crippen LogP contribution >= 0.6 is 0 Å². The van der Waals surface area contributed by atoms with Crippen molar-refractivity contribution < 1.29 is 15.1 Å². The van der Waals surface area contributed by atoms with E-state index in [1.807, 2.05) is 60.7 Å². The Kier molecular flexibility index (Phi) is 7.94. The standard InChI is InChI=1S/C11H12N.2C7H7O2.Bi/c1-2-8-12-9-7-10-5-3-4-6-11(10)12;2*8-6-9-7-4-2-1-3-5-7;/h4-7,9H,2,8H2,1H3;2*1-5H,6H2;/q;2*-1;+2. The van der Waals surface area contributed by atoms with Gasteiger partial charge >= 0.3 is 193 Å². The zero-order chi connectivity index (χ0) is 21.3. The van der Waals surface area contributed by atoms with E-state index in [4.69, 9.17) is 15.1 Å². The van der Waals surface area contributed by atoms with Gasteiger partial charge in [-0.2, -0.15) is 0 Å². The summed E-state index contributed by atoms with van der Waals surface area (Å²) >= 11 is -3.01. The van der Waals surface area contributed by atoms with E-state index in [0.717, 1.165) is 27.7 Å². The first-order valence-corrected chi connectivity index (χ1v) is 14.9. The van der Waals surface area contributed by atoms with Gasteiger partial charge in [-0.25, -0.2) is 0 Å². The summed E-state index contributed by atoms with van der Waals surface area (Å²) in [5.41, 5.74) is 1.23. The van der Waals surface area contributed by atoms with E-state index in [1.165, 1.54) is 10.9 Å². The zero-order valence-corrected chi connectivity index (χ0v) is 21.0. The fraction of sp³-hybridized carbons (Fsp3) is 0.200. The number of hydrogen-bond donors (Lipinski definition) is 0. The predicted molar refractivity (Wildman–Crippen MR) is 124 cm³/mol. The number of ether oxygens (including phenoxy) is 2. The normalized spacial score (nSPS) is 11.2. The molecule has 3 aromatic carbocycles. The molecule has 4 rings (SSSR count). The third kappa shape index (κ3) is 6.07. The second-order valence-electron chi connectivity index (χ2n) is 6.92. The van der Waals surface area contributed by atoms with Gasteiger partial charge in [-0.1, -0.05) is 0 Å². The van der Waals surface area contributed by atoms with Crippen molar-refractivity contribution in [1.82, 2.24) is 4.57 Å². The van der Waals surface area contributed by atoms with Crippen molar-refractivity contribution in [3.8, 4) is 11.5 Å². The topological polar surface area (TPSA) is 41.9 Å². The minimum absolute atomic E-state index is 0.155. The summed E-state index contributed by atoms with van der Waals surface area (Å²) in [5.74, 6) is 1.55. The second-order valence-corrected chi connectivity index (χ2v) is 12.9. The third-order valence-electron chi connectivity index (χ3n) is 4.71. The van der Waals surface area contributed by atoms with Crippen molar-refractivity contribution in [3.05, 3.63) is 91.1 Å². The van der Waals surface area contributed by atoms with Crippen LogP contribution in [0.15, 0.2) is 91.1 Å². The van der Waals surface area contributed by atoms with Gasteiger partial charge < -0.3 is 0 Å². The fourth-order valence-electron chi connectivity index (χ4n) is 3.24. The average Bonchev–Trinajstić information content (AvgIpc) is 3.22. The first-order valence-electron chi connectivity index (χ1n) is 10.3. The van der Waals surface area contributed by atoms with E-state index in [9.17, 15) is 0 Å². The van der Waals surface area contributed by atoms with Crippen molar-refractivity contribution >= 4 is 36.8 Å². The van der Waals surface area contributed by atoms with Gasteiger partial charge in [0.15, 0.2) is 0 Å². The maximum absolute atomic E-state index is 6.15. The molecule has 1 aromatic heterocycles. The quantitative estimate of drug-likeness (QED) is 0.179. The minimum atomic E-state index is -3.01. The van der Waals surface area contributed by atoms with Gasteiger partial charge in [0, 0.05) is 0 Å². The van der Waals surface area contributed by atoms with Crippen LogP contribution in [-0.4, -0.2) is 40.8 Å². The Hall–Kier alpha value is -2.40. The average molecular weight is 613 g/mol. The van der Waals surface area contributed by atoms with E-state index in [0.29, 0.717) is 0 Å². The Bertz CT molecular complexity index is 1020. The van der Waals surface area contributed by atoms with Crippen LogP contribution in [0.4, 0.5) is 0 Å². The Morgan fingerprint density at radius 3 is 1.94 bits per heavy atom. The molecule has 0 aliphatic carbocycles. The number of benzene rings is 3. The molecule has 160 valence electrons. The molecule has 0 saturated carbocycles. The Labute approximate surface area is 192 Å². The summed E-state index contributed by atoms with van der Waals surface area (Å²) in [6.45, 7) is 3.51. The molecular formula is C25H26BiNO4. The molecule has 0 amide bonds. The molecule has 0 fully saturated rings. The van der Waals surface area contributed by atoms with Gasteiger partial charge in [-0.3, -0.25) is 0 Å². The molecule has 0 radical (unpaired) electrons. The molecule has 0 atom stereocenters. The number of aryl methyl sites for hydroxylation is 1. The number of aromatic nitrogens is 1. The number of hydrogen-bond acceptors (Lipinski definition) is 4. The Morgan fingerprint density at radius 1 is 0.742 bits per heavy atom. The molecular weight excluding hydrogens is 587 g/mol. The summed E-state index contributed by atoms with van der Waals surface area (Å²) in [4.78, 5) is 0. The van der Waals surface area contributed by atoms with Gasteiger partial charge in [0.25, 0.3) is 0 Å². The Balaban J connectivity index is 1.45. The van der Waals surface area contributed by atoms with Crippen LogP contribution in [0.5, 0.6) is 11.5 Å². The first kappa shape index (κ1) is 21.8. The van der Waals surface area contributed by atoms with Crippen LogP contribution in [0.2, 0.25) is 0 Å². The van der Waals surface area contributed by atoms with E-state index in [2.05, 4.69) is 42.0 Å². The van der Waals surface area contributed by atoms with Crippen LogP contribution in [0.25, 0.3) is 10.9 Å². The number of nitrogens with zero attached hydrogens (tertiary/aromatic N) is 1. The molecule has 1 heterocycles. The third-order valence-corrected chi connectivity index (χ3v) is 10.1. The summed E-state index contributed by atoms with van der Waals surface area (Å²) in [6.07, 6.45) is 3.24. The van der Waals surface area contributed by atoms with Crippen LogP contribution < -0.4 is 12.7 Å². The van der Waals surface area contributed by atoms with Crippen LogP contribution in [-0.2, 0) is 12.2 Å². The van der Waals surface area contributed by atoms with Crippen LogP contribution in [0.1, 0.15) is 13.3 Å². The number of rotatable bonds is 11. The van der Waals surface area contributed by atoms with Gasteiger partial charge in [0.1, 0.15) is 0 Å². The van der Waals surface area contributed by atoms with Crippen molar-refractivity contribution in [2.24, 2.45) is 0 Å². The molecule has 5 nitrogen and oxygen atoms in total. The second kappa shape index (κ2) is 11.3. The first-order chi connectivity index (χ1) is 15.3. The number of para-hydroxylation sites is 2. The number of fused-ring (bicyclic) bond motifs is 1. The van der Waals surface area contributed by atoms with E-state index in [1.54, 1.807) is 0 Å².